The first-order chi connectivity index (χ1) is 9.81. The summed E-state index contributed by atoms with van der Waals surface area (Å²) in [5, 5.41) is 43.0. The number of hydrogen-bond donors (Lipinski definition) is 4. The van der Waals surface area contributed by atoms with Gasteiger partial charge < -0.3 is 25.4 Å². The number of benzene rings is 1. The highest BCUT2D eigenvalue weighted by atomic mass is 16.6. The zero-order chi connectivity index (χ0) is 15.7. The van der Waals surface area contributed by atoms with E-state index >= 15 is 0 Å². The summed E-state index contributed by atoms with van der Waals surface area (Å²) < 4.78 is 5.36. The van der Waals surface area contributed by atoms with Gasteiger partial charge in [-0.15, -0.1) is 0 Å². The Morgan fingerprint density at radius 2 is 1.90 bits per heavy atom. The molecule has 0 unspecified atom stereocenters. The Hall–Kier alpha value is -1.74. The molecule has 116 valence electrons. The average Bonchev–Trinajstić information content (AvgIpc) is 2.44. The van der Waals surface area contributed by atoms with Crippen molar-refractivity contribution in [1.29, 1.82) is 0 Å². The fourth-order valence-corrected chi connectivity index (χ4v) is 2.24. The molecule has 0 amide bonds. The Balaban J connectivity index is 2.24. The first-order valence-corrected chi connectivity index (χ1v) is 6.52. The molecule has 1 saturated heterocycles. The van der Waals surface area contributed by atoms with Gasteiger partial charge in [-0.05, 0) is 25.5 Å². The van der Waals surface area contributed by atoms with Crippen LogP contribution < -0.4 is 5.32 Å². The van der Waals surface area contributed by atoms with Crippen LogP contribution in [0.25, 0.3) is 0 Å². The number of nitro benzene ring substituents is 1. The van der Waals surface area contributed by atoms with Gasteiger partial charge in [-0.1, -0.05) is 6.07 Å². The lowest BCUT2D eigenvalue weighted by Gasteiger charge is -2.39. The van der Waals surface area contributed by atoms with E-state index in [1.807, 2.05) is 0 Å². The van der Waals surface area contributed by atoms with Crippen LogP contribution in [-0.4, -0.2) is 50.9 Å². The number of nitrogens with zero attached hydrogens (tertiary/aromatic N) is 1. The van der Waals surface area contributed by atoms with Crippen LogP contribution in [0, 0.1) is 17.0 Å². The number of nitro groups is 1. The lowest BCUT2D eigenvalue weighted by Crippen LogP contribution is -2.58. The monoisotopic (exact) mass is 298 g/mol. The van der Waals surface area contributed by atoms with Gasteiger partial charge in [0, 0.05) is 6.07 Å². The third kappa shape index (κ3) is 3.13. The number of aliphatic hydroxyl groups is 3. The van der Waals surface area contributed by atoms with Crippen LogP contribution in [0.15, 0.2) is 18.2 Å². The molecule has 8 heteroatoms. The Kier molecular flexibility index (Phi) is 4.43. The summed E-state index contributed by atoms with van der Waals surface area (Å²) in [6, 6.07) is 4.58. The van der Waals surface area contributed by atoms with E-state index in [2.05, 4.69) is 5.32 Å². The van der Waals surface area contributed by atoms with Crippen molar-refractivity contribution in [1.82, 2.24) is 0 Å². The molecular formula is C13H18N2O6. The Labute approximate surface area is 121 Å². The molecule has 4 N–H and O–H groups in total. The first kappa shape index (κ1) is 15.6. The molecule has 0 aliphatic carbocycles. The first-order valence-electron chi connectivity index (χ1n) is 6.52. The second kappa shape index (κ2) is 5.94. The summed E-state index contributed by atoms with van der Waals surface area (Å²) >= 11 is 0. The molecule has 1 heterocycles. The number of rotatable bonds is 3. The average molecular weight is 298 g/mol. The second-order valence-electron chi connectivity index (χ2n) is 5.16. The van der Waals surface area contributed by atoms with E-state index in [-0.39, 0.29) is 11.4 Å². The fraction of sp³-hybridized carbons (Fsp3) is 0.538. The highest BCUT2D eigenvalue weighted by molar-refractivity contribution is 5.62. The molecule has 1 aromatic carbocycles. The van der Waals surface area contributed by atoms with Gasteiger partial charge in [-0.2, -0.15) is 0 Å². The van der Waals surface area contributed by atoms with Gasteiger partial charge in [0.1, 0.15) is 24.0 Å². The molecule has 1 aliphatic rings. The van der Waals surface area contributed by atoms with E-state index < -0.39 is 35.6 Å². The summed E-state index contributed by atoms with van der Waals surface area (Å²) in [6.45, 7) is 3.27. The lowest BCUT2D eigenvalue weighted by molar-refractivity contribution is -0.384. The maximum atomic E-state index is 11.1. The fourth-order valence-electron chi connectivity index (χ4n) is 2.24. The molecule has 8 nitrogen and oxygen atoms in total. The predicted octanol–water partition coefficient (Wildman–Crippen LogP) is 0.143. The van der Waals surface area contributed by atoms with Gasteiger partial charge in [0.25, 0.3) is 5.69 Å². The number of anilines is 1. The van der Waals surface area contributed by atoms with Crippen molar-refractivity contribution in [2.45, 2.75) is 44.5 Å². The summed E-state index contributed by atoms with van der Waals surface area (Å²) in [5.41, 5.74) is 0.741. The van der Waals surface area contributed by atoms with E-state index in [4.69, 9.17) is 4.74 Å². The molecule has 21 heavy (non-hydrogen) atoms. The molecule has 0 bridgehead atoms. The molecule has 1 aliphatic heterocycles. The molecule has 1 aromatic rings. The standard InChI is InChI=1S/C13H18N2O6/c1-6-3-4-8(9(5-6)15(19)20)14-13-12(18)11(17)10(16)7(2)21-13/h3-5,7,10-14,16-18H,1-2H3/t7-,10+,11+,12-,13+/m0/s1. The van der Waals surface area contributed by atoms with Crippen LogP contribution in [-0.2, 0) is 4.74 Å². The number of ether oxygens (including phenoxy) is 1. The molecule has 5 atom stereocenters. The summed E-state index contributed by atoms with van der Waals surface area (Å²) in [7, 11) is 0. The van der Waals surface area contributed by atoms with Crippen LogP contribution >= 0.6 is 0 Å². The molecule has 0 aromatic heterocycles. The Morgan fingerprint density at radius 3 is 2.52 bits per heavy atom. The highest BCUT2D eigenvalue weighted by Gasteiger charge is 2.42. The van der Waals surface area contributed by atoms with E-state index in [0.29, 0.717) is 0 Å². The summed E-state index contributed by atoms with van der Waals surface area (Å²) in [6.07, 6.45) is -5.79. The smallest absolute Gasteiger partial charge is 0.292 e. The zero-order valence-corrected chi connectivity index (χ0v) is 11.6. The second-order valence-corrected chi connectivity index (χ2v) is 5.16. The minimum Gasteiger partial charge on any atom is -0.388 e. The predicted molar refractivity (Wildman–Crippen MR) is 73.8 cm³/mol. The lowest BCUT2D eigenvalue weighted by atomic mass is 9.99. The summed E-state index contributed by atoms with van der Waals surface area (Å²) in [5.74, 6) is 0. The maximum Gasteiger partial charge on any atom is 0.292 e. The van der Waals surface area contributed by atoms with Gasteiger partial charge in [0.2, 0.25) is 0 Å². The highest BCUT2D eigenvalue weighted by Crippen LogP contribution is 2.29. The van der Waals surface area contributed by atoms with Crippen molar-refractivity contribution in [2.75, 3.05) is 5.32 Å². The third-order valence-electron chi connectivity index (χ3n) is 3.50. The van der Waals surface area contributed by atoms with Crippen molar-refractivity contribution < 1.29 is 25.0 Å². The minimum atomic E-state index is -1.41. The Morgan fingerprint density at radius 1 is 1.24 bits per heavy atom. The number of aryl methyl sites for hydroxylation is 1. The quantitative estimate of drug-likeness (QED) is 0.462. The normalized spacial score (nSPS) is 32.7. The van der Waals surface area contributed by atoms with Gasteiger partial charge >= 0.3 is 0 Å². The summed E-state index contributed by atoms with van der Waals surface area (Å²) in [4.78, 5) is 10.5. The molecule has 0 saturated carbocycles. The zero-order valence-electron chi connectivity index (χ0n) is 11.6. The van der Waals surface area contributed by atoms with E-state index in [0.717, 1.165) is 5.56 Å². The number of nitrogens with one attached hydrogen (secondary N) is 1. The van der Waals surface area contributed by atoms with Crippen molar-refractivity contribution in [3.8, 4) is 0 Å². The Bertz CT molecular complexity index is 537. The maximum absolute atomic E-state index is 11.1. The van der Waals surface area contributed by atoms with Crippen LogP contribution in [0.3, 0.4) is 0 Å². The third-order valence-corrected chi connectivity index (χ3v) is 3.50. The van der Waals surface area contributed by atoms with E-state index in [1.165, 1.54) is 19.1 Å². The molecule has 0 radical (unpaired) electrons. The molecule has 1 fully saturated rings. The molecular weight excluding hydrogens is 280 g/mol. The SMILES string of the molecule is Cc1ccc(N[C@@H]2O[C@@H](C)[C@@H](O)[C@@H](O)[C@@H]2O)c([N+](=O)[O-])c1. The van der Waals surface area contributed by atoms with Gasteiger partial charge in [0.15, 0.2) is 6.23 Å². The van der Waals surface area contributed by atoms with Crippen molar-refractivity contribution in [3.63, 3.8) is 0 Å². The van der Waals surface area contributed by atoms with Gasteiger partial charge in [-0.3, -0.25) is 10.1 Å². The minimum absolute atomic E-state index is 0.154. The van der Waals surface area contributed by atoms with Crippen LogP contribution in [0.1, 0.15) is 12.5 Å². The largest absolute Gasteiger partial charge is 0.388 e. The molecule has 0 spiro atoms. The van der Waals surface area contributed by atoms with Crippen molar-refractivity contribution in [2.24, 2.45) is 0 Å². The van der Waals surface area contributed by atoms with Crippen molar-refractivity contribution in [3.05, 3.63) is 33.9 Å². The topological polar surface area (TPSA) is 125 Å². The van der Waals surface area contributed by atoms with Gasteiger partial charge in [0.05, 0.1) is 11.0 Å². The van der Waals surface area contributed by atoms with Crippen LogP contribution in [0.5, 0.6) is 0 Å². The van der Waals surface area contributed by atoms with Crippen LogP contribution in [0.2, 0.25) is 0 Å². The number of aliphatic hydroxyl groups excluding tert-OH is 3. The van der Waals surface area contributed by atoms with Gasteiger partial charge in [-0.25, -0.2) is 0 Å². The van der Waals surface area contributed by atoms with Crippen LogP contribution in [0.4, 0.5) is 11.4 Å². The number of hydrogen-bond acceptors (Lipinski definition) is 7. The molecule has 2 rings (SSSR count). The van der Waals surface area contributed by atoms with E-state index in [1.54, 1.807) is 13.0 Å². The van der Waals surface area contributed by atoms with E-state index in [9.17, 15) is 25.4 Å². The van der Waals surface area contributed by atoms with Crippen molar-refractivity contribution >= 4 is 11.4 Å².